The van der Waals surface area contributed by atoms with Gasteiger partial charge >= 0.3 is 11.4 Å². The van der Waals surface area contributed by atoms with Crippen molar-refractivity contribution < 1.29 is 5.11 Å². The Kier molecular flexibility index (Phi) is 15.2. The lowest BCUT2D eigenvalue weighted by Crippen LogP contribution is -2.27. The van der Waals surface area contributed by atoms with Crippen LogP contribution in [0.15, 0.2) is 140 Å². The second-order valence-electron chi connectivity index (χ2n) is 10.6. The second kappa shape index (κ2) is 20.2. The van der Waals surface area contributed by atoms with Crippen LogP contribution in [0.4, 0.5) is 5.69 Å². The molecule has 0 unspecified atom stereocenters. The number of benzene rings is 4. The summed E-state index contributed by atoms with van der Waals surface area (Å²) in [4.78, 5) is 52.4. The Morgan fingerprint density at radius 2 is 1.20 bits per heavy atom. The molecular weight excluding hydrogens is 806 g/mol. The molecule has 0 spiro atoms. The molecule has 0 bridgehead atoms. The lowest BCUT2D eigenvalue weighted by molar-refractivity contribution is 0.399. The predicted molar refractivity (Wildman–Crippen MR) is 217 cm³/mol. The molecule has 7 aromatic rings. The lowest BCUT2D eigenvalue weighted by Gasteiger charge is -2.06. The van der Waals surface area contributed by atoms with Gasteiger partial charge in [-0.3, -0.25) is 28.7 Å². The van der Waals surface area contributed by atoms with Crippen molar-refractivity contribution in [2.45, 2.75) is 0 Å². The van der Waals surface area contributed by atoms with E-state index in [0.717, 1.165) is 23.9 Å². The number of aromatic nitrogens is 7. The Balaban J connectivity index is 0.000000204. The van der Waals surface area contributed by atoms with Crippen LogP contribution in [0.25, 0.3) is 38.8 Å². The van der Waals surface area contributed by atoms with E-state index in [0.29, 0.717) is 42.8 Å². The summed E-state index contributed by atoms with van der Waals surface area (Å²) in [6.07, 6.45) is 9.69. The SMILES string of the molecule is C#Cc1ccc(Cl)c(Cl)c1.CO.O=c1ccn(-c2ccc(-n3cc(-c4ccc(Cl)c(Cl)c4)nn3)cc2)c(=O)[nH]1.[N-]=[N+]=Nc1ccc(-n2ccc(=O)[nH]c2=O)cc1. The monoisotopic (exact) mass is 830 g/mol. The Morgan fingerprint density at radius 3 is 1.68 bits per heavy atom. The van der Waals surface area contributed by atoms with E-state index < -0.39 is 22.5 Å². The molecule has 0 saturated carbocycles. The van der Waals surface area contributed by atoms with E-state index in [2.05, 4.69) is 36.2 Å². The smallest absolute Gasteiger partial charge is 0.332 e. The molecule has 0 aliphatic heterocycles. The maximum absolute atomic E-state index is 11.9. The number of hydrogen-bond donors (Lipinski definition) is 3. The van der Waals surface area contributed by atoms with Gasteiger partial charge in [0.05, 0.1) is 43.3 Å². The van der Waals surface area contributed by atoms with Crippen LogP contribution in [0.2, 0.25) is 20.1 Å². The molecule has 4 aromatic carbocycles. The van der Waals surface area contributed by atoms with Gasteiger partial charge in [0.1, 0.15) is 5.69 Å². The van der Waals surface area contributed by atoms with Crippen LogP contribution in [0, 0.1) is 12.3 Å². The van der Waals surface area contributed by atoms with Crippen LogP contribution in [0.1, 0.15) is 5.56 Å². The highest BCUT2D eigenvalue weighted by Gasteiger charge is 2.09. The van der Waals surface area contributed by atoms with Crippen LogP contribution in [-0.4, -0.2) is 46.3 Å². The zero-order chi connectivity index (χ0) is 40.8. The van der Waals surface area contributed by atoms with Crippen molar-refractivity contribution in [3.8, 4) is 40.7 Å². The number of hydrogen-bond acceptors (Lipinski definition) is 8. The molecule has 3 heterocycles. The molecule has 0 atom stereocenters. The number of H-pyrrole nitrogens is 2. The summed E-state index contributed by atoms with van der Waals surface area (Å²) in [5, 5.41) is 20.6. The fourth-order valence-electron chi connectivity index (χ4n) is 4.50. The molecule has 3 N–H and O–H groups in total. The quantitative estimate of drug-likeness (QED) is 0.0706. The number of rotatable bonds is 5. The summed E-state index contributed by atoms with van der Waals surface area (Å²) in [5.41, 5.74) is 10.9. The van der Waals surface area contributed by atoms with Gasteiger partial charge in [0.15, 0.2) is 0 Å². The zero-order valence-electron chi connectivity index (χ0n) is 28.7. The fraction of sp³-hybridized carbons (Fsp3) is 0.0270. The molecule has 0 aliphatic carbocycles. The van der Waals surface area contributed by atoms with E-state index in [-0.39, 0.29) is 0 Å². The molecule has 0 aliphatic rings. The highest BCUT2D eigenvalue weighted by Crippen LogP contribution is 2.28. The zero-order valence-corrected chi connectivity index (χ0v) is 31.7. The first kappa shape index (κ1) is 42.1. The van der Waals surface area contributed by atoms with Gasteiger partial charge in [-0.15, -0.1) is 11.5 Å². The molecular formula is C37H26Cl4N10O5. The third kappa shape index (κ3) is 11.2. The van der Waals surface area contributed by atoms with Gasteiger partial charge in [0, 0.05) is 53.4 Å². The van der Waals surface area contributed by atoms with E-state index in [1.165, 1.54) is 33.7 Å². The molecule has 3 aromatic heterocycles. The molecule has 0 fully saturated rings. The van der Waals surface area contributed by atoms with Gasteiger partial charge in [-0.25, -0.2) is 14.3 Å². The van der Waals surface area contributed by atoms with Crippen molar-refractivity contribution in [3.63, 3.8) is 0 Å². The minimum Gasteiger partial charge on any atom is -0.400 e. The van der Waals surface area contributed by atoms with Gasteiger partial charge in [-0.2, -0.15) is 0 Å². The highest BCUT2D eigenvalue weighted by molar-refractivity contribution is 6.42. The molecule has 56 heavy (non-hydrogen) atoms. The summed E-state index contributed by atoms with van der Waals surface area (Å²) < 4.78 is 4.23. The number of aliphatic hydroxyl groups excluding tert-OH is 1. The minimum absolute atomic E-state index is 0.440. The maximum atomic E-state index is 11.9. The van der Waals surface area contributed by atoms with Crippen LogP contribution in [0.3, 0.4) is 0 Å². The number of halogens is 4. The normalized spacial score (nSPS) is 9.88. The summed E-state index contributed by atoms with van der Waals surface area (Å²) in [6.45, 7) is 0. The topological polar surface area (TPSA) is 209 Å². The summed E-state index contributed by atoms with van der Waals surface area (Å²) in [6, 6.07) is 26.3. The Labute approximate surface area is 336 Å². The van der Waals surface area contributed by atoms with Gasteiger partial charge < -0.3 is 5.11 Å². The highest BCUT2D eigenvalue weighted by atomic mass is 35.5. The lowest BCUT2D eigenvalue weighted by atomic mass is 10.2. The molecule has 0 saturated heterocycles. The number of nitrogens with zero attached hydrogens (tertiary/aromatic N) is 8. The van der Waals surface area contributed by atoms with Crippen molar-refractivity contribution in [1.29, 1.82) is 0 Å². The van der Waals surface area contributed by atoms with Gasteiger partial charge in [0.2, 0.25) is 0 Å². The summed E-state index contributed by atoms with van der Waals surface area (Å²) in [7, 11) is 1.00. The van der Waals surface area contributed by atoms with Crippen molar-refractivity contribution in [2.24, 2.45) is 5.11 Å². The Bertz CT molecular complexity index is 2780. The number of nitrogens with one attached hydrogen (secondary N) is 2. The van der Waals surface area contributed by atoms with Gasteiger partial charge in [-0.05, 0) is 72.3 Å². The number of terminal acetylenes is 1. The first-order valence-electron chi connectivity index (χ1n) is 15.6. The maximum Gasteiger partial charge on any atom is 0.332 e. The largest absolute Gasteiger partial charge is 0.400 e. The van der Waals surface area contributed by atoms with Crippen LogP contribution in [-0.2, 0) is 0 Å². The van der Waals surface area contributed by atoms with E-state index in [1.54, 1.807) is 89.7 Å². The predicted octanol–water partition coefficient (Wildman–Crippen LogP) is 7.13. The summed E-state index contributed by atoms with van der Waals surface area (Å²) in [5.74, 6) is 2.45. The Hall–Kier alpha value is -6.63. The molecule has 7 rings (SSSR count). The summed E-state index contributed by atoms with van der Waals surface area (Å²) >= 11 is 23.3. The van der Waals surface area contributed by atoms with Gasteiger partial charge in [-0.1, -0.05) is 80.9 Å². The van der Waals surface area contributed by atoms with Crippen LogP contribution < -0.4 is 22.5 Å². The number of azide groups is 1. The molecule has 19 heteroatoms. The molecule has 15 nitrogen and oxygen atoms in total. The van der Waals surface area contributed by atoms with Crippen molar-refractivity contribution >= 4 is 52.1 Å². The average molecular weight is 832 g/mol. The first-order chi connectivity index (χ1) is 26.9. The second-order valence-corrected chi connectivity index (χ2v) is 12.3. The first-order valence-corrected chi connectivity index (χ1v) is 17.1. The van der Waals surface area contributed by atoms with Crippen LogP contribution in [0.5, 0.6) is 0 Å². The van der Waals surface area contributed by atoms with E-state index in [4.69, 9.17) is 63.5 Å². The third-order valence-corrected chi connectivity index (χ3v) is 8.60. The van der Waals surface area contributed by atoms with Crippen molar-refractivity contribution in [1.82, 2.24) is 34.1 Å². The van der Waals surface area contributed by atoms with E-state index in [9.17, 15) is 19.2 Å². The minimum atomic E-state index is -0.519. The molecule has 0 amide bonds. The van der Waals surface area contributed by atoms with Crippen LogP contribution >= 0.6 is 46.4 Å². The van der Waals surface area contributed by atoms with Crippen molar-refractivity contribution in [3.05, 3.63) is 193 Å². The number of aromatic amines is 2. The third-order valence-electron chi connectivity index (χ3n) is 7.12. The van der Waals surface area contributed by atoms with E-state index >= 15 is 0 Å². The van der Waals surface area contributed by atoms with Gasteiger partial charge in [0.25, 0.3) is 11.1 Å². The fourth-order valence-corrected chi connectivity index (χ4v) is 5.10. The Morgan fingerprint density at radius 1 is 0.696 bits per heavy atom. The number of aliphatic hydroxyl groups is 1. The van der Waals surface area contributed by atoms with Crippen molar-refractivity contribution in [2.75, 3.05) is 7.11 Å². The standard InChI is InChI=1S/C18H11Cl2N5O2.C10H7N5O2.C8H4Cl2.CH4O/c19-14-6-1-11(9-15(14)20)16-10-25(23-22-16)13-4-2-12(3-5-13)24-8-7-17(26)21-18(24)27;11-14-13-7-1-3-8(4-2-7)15-6-5-9(16)12-10(15)17;1-2-6-3-4-7(9)8(10)5-6;1-2/h1-10H,(H,21,26,27);1-6H,(H,12,16,17);1,3-5H;2H,1H3. The van der Waals surface area contributed by atoms with E-state index in [1.807, 2.05) is 6.07 Å². The average Bonchev–Trinajstić information content (AvgIpc) is 3.70. The molecule has 282 valence electrons. The molecule has 0 radical (unpaired) electrons.